The first-order valence-corrected chi connectivity index (χ1v) is 8.34. The van der Waals surface area contributed by atoms with E-state index in [-0.39, 0.29) is 0 Å². The predicted molar refractivity (Wildman–Crippen MR) is 95.4 cm³/mol. The number of anilines is 3. The lowest BCUT2D eigenvalue weighted by molar-refractivity contribution is 0.745. The molecule has 2 N–H and O–H groups in total. The van der Waals surface area contributed by atoms with Crippen molar-refractivity contribution in [3.8, 4) is 0 Å². The van der Waals surface area contributed by atoms with Crippen LogP contribution in [0.3, 0.4) is 0 Å². The van der Waals surface area contributed by atoms with Gasteiger partial charge in [0.05, 0.1) is 11.7 Å². The normalized spacial score (nSPS) is 16.4. The first kappa shape index (κ1) is 13.5. The third-order valence-corrected chi connectivity index (χ3v) is 4.59. The Kier molecular flexibility index (Phi) is 3.01. The largest absolute Gasteiger partial charge is 0.352 e. The second kappa shape index (κ2) is 5.33. The zero-order chi connectivity index (χ0) is 15.9. The number of aromatic amines is 1. The first-order valence-electron chi connectivity index (χ1n) is 8.34. The van der Waals surface area contributed by atoms with Crippen molar-refractivity contribution >= 4 is 34.4 Å². The molecule has 120 valence electrons. The fraction of sp³-hybridized carbons (Fsp3) is 0.278. The summed E-state index contributed by atoms with van der Waals surface area (Å²) in [6.45, 7) is 2.02. The average Bonchev–Trinajstić information content (AvgIpc) is 3.30. The summed E-state index contributed by atoms with van der Waals surface area (Å²) in [5, 5.41) is 11.4. The van der Waals surface area contributed by atoms with Crippen molar-refractivity contribution in [1.29, 1.82) is 0 Å². The Hall–Kier alpha value is -2.89. The van der Waals surface area contributed by atoms with Gasteiger partial charge in [0.25, 0.3) is 0 Å². The highest BCUT2D eigenvalue weighted by Crippen LogP contribution is 2.33. The van der Waals surface area contributed by atoms with Crippen molar-refractivity contribution in [2.24, 2.45) is 5.92 Å². The van der Waals surface area contributed by atoms with E-state index in [1.807, 2.05) is 30.6 Å². The van der Waals surface area contributed by atoms with Crippen molar-refractivity contribution in [2.45, 2.75) is 12.8 Å². The number of H-pyrrole nitrogens is 1. The summed E-state index contributed by atoms with van der Waals surface area (Å²) < 4.78 is 0. The van der Waals surface area contributed by atoms with Crippen LogP contribution < -0.4 is 10.2 Å². The SMILES string of the molecule is C1=Cc2cnc(Nc3ccc4cn[nH]c4c3)nc2N(CC2CC2)C1. The monoisotopic (exact) mass is 318 g/mol. The molecule has 1 fully saturated rings. The maximum absolute atomic E-state index is 4.77. The number of rotatable bonds is 4. The van der Waals surface area contributed by atoms with Crippen molar-refractivity contribution < 1.29 is 0 Å². The Morgan fingerprint density at radius 2 is 2.21 bits per heavy atom. The van der Waals surface area contributed by atoms with Gasteiger partial charge in [-0.3, -0.25) is 5.10 Å². The minimum Gasteiger partial charge on any atom is -0.352 e. The Balaban J connectivity index is 1.44. The highest BCUT2D eigenvalue weighted by molar-refractivity contribution is 5.82. The minimum atomic E-state index is 0.628. The molecular formula is C18H18N6. The Morgan fingerprint density at radius 1 is 1.25 bits per heavy atom. The molecule has 6 heteroatoms. The second-order valence-corrected chi connectivity index (χ2v) is 6.52. The lowest BCUT2D eigenvalue weighted by Gasteiger charge is -2.27. The van der Waals surface area contributed by atoms with Crippen LogP contribution in [0.1, 0.15) is 18.4 Å². The number of nitrogens with zero attached hydrogens (tertiary/aromatic N) is 4. The molecule has 1 aromatic carbocycles. The first-order chi connectivity index (χ1) is 11.8. The molecule has 2 aromatic heterocycles. The van der Waals surface area contributed by atoms with Crippen LogP contribution >= 0.6 is 0 Å². The fourth-order valence-electron chi connectivity index (χ4n) is 3.12. The van der Waals surface area contributed by atoms with Crippen LogP contribution in [0.15, 0.2) is 36.7 Å². The molecule has 0 unspecified atom stereocenters. The molecule has 0 spiro atoms. The van der Waals surface area contributed by atoms with Crippen LogP contribution in [-0.2, 0) is 0 Å². The molecular weight excluding hydrogens is 300 g/mol. The smallest absolute Gasteiger partial charge is 0.229 e. The third kappa shape index (κ3) is 2.50. The summed E-state index contributed by atoms with van der Waals surface area (Å²) in [7, 11) is 0. The molecule has 24 heavy (non-hydrogen) atoms. The second-order valence-electron chi connectivity index (χ2n) is 6.52. The number of nitrogens with one attached hydrogen (secondary N) is 2. The van der Waals surface area contributed by atoms with Crippen LogP contribution in [0.25, 0.3) is 17.0 Å². The fourth-order valence-corrected chi connectivity index (χ4v) is 3.12. The topological polar surface area (TPSA) is 69.7 Å². The van der Waals surface area contributed by atoms with Crippen LogP contribution in [0.4, 0.5) is 17.5 Å². The van der Waals surface area contributed by atoms with Gasteiger partial charge in [0.2, 0.25) is 5.95 Å². The molecule has 2 aliphatic rings. The molecule has 5 rings (SSSR count). The quantitative estimate of drug-likeness (QED) is 0.772. The third-order valence-electron chi connectivity index (χ3n) is 4.59. The Bertz CT molecular complexity index is 924. The molecule has 0 saturated heterocycles. The summed E-state index contributed by atoms with van der Waals surface area (Å²) >= 11 is 0. The number of aromatic nitrogens is 4. The molecule has 0 radical (unpaired) electrons. The van der Waals surface area contributed by atoms with Gasteiger partial charge in [0.15, 0.2) is 0 Å². The number of fused-ring (bicyclic) bond motifs is 2. The van der Waals surface area contributed by atoms with E-state index >= 15 is 0 Å². The standard InChI is InChI=1S/C18H18N6/c1-2-14-9-19-18(22-17(14)24(7-1)11-12-3-4-12)21-15-6-5-13-10-20-23-16(13)8-15/h1-2,5-6,8-10,12H,3-4,7,11H2,(H,20,23)(H,19,21,22). The summed E-state index contributed by atoms with van der Waals surface area (Å²) in [6, 6.07) is 6.07. The molecule has 0 amide bonds. The number of benzene rings is 1. The van der Waals surface area contributed by atoms with Gasteiger partial charge < -0.3 is 10.2 Å². The zero-order valence-corrected chi connectivity index (χ0v) is 13.2. The van der Waals surface area contributed by atoms with E-state index in [9.17, 15) is 0 Å². The van der Waals surface area contributed by atoms with Gasteiger partial charge in [-0.15, -0.1) is 0 Å². The lowest BCUT2D eigenvalue weighted by atomic mass is 10.2. The van der Waals surface area contributed by atoms with Crippen LogP contribution in [0.5, 0.6) is 0 Å². The van der Waals surface area contributed by atoms with Crippen molar-refractivity contribution in [1.82, 2.24) is 20.2 Å². The number of hydrogen-bond donors (Lipinski definition) is 2. The van der Waals surface area contributed by atoms with E-state index in [1.54, 1.807) is 0 Å². The van der Waals surface area contributed by atoms with Gasteiger partial charge in [-0.2, -0.15) is 10.1 Å². The molecule has 0 atom stereocenters. The molecule has 3 heterocycles. The van der Waals surface area contributed by atoms with Gasteiger partial charge in [-0.1, -0.05) is 12.2 Å². The maximum Gasteiger partial charge on any atom is 0.229 e. The zero-order valence-electron chi connectivity index (χ0n) is 13.2. The van der Waals surface area contributed by atoms with E-state index in [1.165, 1.54) is 12.8 Å². The van der Waals surface area contributed by atoms with Crippen molar-refractivity contribution in [3.05, 3.63) is 42.2 Å². The molecule has 1 aliphatic heterocycles. The number of hydrogen-bond acceptors (Lipinski definition) is 5. The highest BCUT2D eigenvalue weighted by atomic mass is 15.2. The highest BCUT2D eigenvalue weighted by Gasteiger charge is 2.26. The average molecular weight is 318 g/mol. The molecule has 3 aromatic rings. The maximum atomic E-state index is 4.77. The van der Waals surface area contributed by atoms with Crippen LogP contribution in [-0.4, -0.2) is 33.3 Å². The van der Waals surface area contributed by atoms with E-state index in [0.717, 1.165) is 47.0 Å². The van der Waals surface area contributed by atoms with Crippen molar-refractivity contribution in [2.75, 3.05) is 23.3 Å². The van der Waals surface area contributed by atoms with E-state index in [0.29, 0.717) is 5.95 Å². The van der Waals surface area contributed by atoms with E-state index in [2.05, 4.69) is 37.6 Å². The summed E-state index contributed by atoms with van der Waals surface area (Å²) in [5.74, 6) is 2.49. The van der Waals surface area contributed by atoms with E-state index in [4.69, 9.17) is 4.98 Å². The molecule has 1 saturated carbocycles. The predicted octanol–water partition coefficient (Wildman–Crippen LogP) is 3.34. The van der Waals surface area contributed by atoms with Crippen LogP contribution in [0.2, 0.25) is 0 Å². The van der Waals surface area contributed by atoms with Gasteiger partial charge in [0.1, 0.15) is 5.82 Å². The summed E-state index contributed by atoms with van der Waals surface area (Å²) in [6.07, 6.45) is 10.7. The van der Waals surface area contributed by atoms with Gasteiger partial charge in [-0.05, 0) is 37.0 Å². The molecule has 1 aliphatic carbocycles. The van der Waals surface area contributed by atoms with Gasteiger partial charge in [0, 0.05) is 35.9 Å². The Labute approximate surface area is 139 Å². The van der Waals surface area contributed by atoms with Crippen LogP contribution in [0, 0.1) is 5.92 Å². The minimum absolute atomic E-state index is 0.628. The molecule has 0 bridgehead atoms. The van der Waals surface area contributed by atoms with Crippen molar-refractivity contribution in [3.63, 3.8) is 0 Å². The van der Waals surface area contributed by atoms with Gasteiger partial charge >= 0.3 is 0 Å². The Morgan fingerprint density at radius 3 is 3.12 bits per heavy atom. The molecule has 6 nitrogen and oxygen atoms in total. The van der Waals surface area contributed by atoms with E-state index < -0.39 is 0 Å². The summed E-state index contributed by atoms with van der Waals surface area (Å²) in [5.41, 5.74) is 3.04. The summed E-state index contributed by atoms with van der Waals surface area (Å²) in [4.78, 5) is 11.6. The van der Waals surface area contributed by atoms with Gasteiger partial charge in [-0.25, -0.2) is 4.98 Å². The lowest BCUT2D eigenvalue weighted by Crippen LogP contribution is -2.29.